The molecule has 1 atom stereocenters. The van der Waals surface area contributed by atoms with Gasteiger partial charge in [0.1, 0.15) is 5.82 Å². The van der Waals surface area contributed by atoms with Crippen LogP contribution in [0.3, 0.4) is 0 Å². The number of halogens is 2. The highest BCUT2D eigenvalue weighted by molar-refractivity contribution is 5.80. The summed E-state index contributed by atoms with van der Waals surface area (Å²) in [5.74, 6) is -1.48. The zero-order valence-electron chi connectivity index (χ0n) is 18.5. The summed E-state index contributed by atoms with van der Waals surface area (Å²) in [6.45, 7) is 1.87. The van der Waals surface area contributed by atoms with Gasteiger partial charge in [0, 0.05) is 42.3 Å². The van der Waals surface area contributed by atoms with Gasteiger partial charge < -0.3 is 20.0 Å². The normalized spacial score (nSPS) is 18.9. The van der Waals surface area contributed by atoms with E-state index in [1.54, 1.807) is 25.6 Å². The van der Waals surface area contributed by atoms with Crippen molar-refractivity contribution in [2.24, 2.45) is 0 Å². The van der Waals surface area contributed by atoms with Crippen LogP contribution in [0, 0.1) is 11.6 Å². The first kappa shape index (κ1) is 21.8. The molecule has 1 aliphatic heterocycles. The van der Waals surface area contributed by atoms with Gasteiger partial charge in [-0.25, -0.2) is 13.8 Å². The van der Waals surface area contributed by atoms with Crippen molar-refractivity contribution in [3.63, 3.8) is 0 Å². The van der Waals surface area contributed by atoms with E-state index in [-0.39, 0.29) is 29.4 Å². The first-order valence-corrected chi connectivity index (χ1v) is 11.2. The molecule has 33 heavy (non-hydrogen) atoms. The molecule has 3 aromatic rings. The van der Waals surface area contributed by atoms with E-state index in [1.807, 2.05) is 15.7 Å². The predicted octanol–water partition coefficient (Wildman–Crippen LogP) is 3.62. The second-order valence-electron chi connectivity index (χ2n) is 8.85. The van der Waals surface area contributed by atoms with Crippen molar-refractivity contribution in [2.75, 3.05) is 30.8 Å². The Morgan fingerprint density at radius 3 is 2.70 bits per heavy atom. The molecule has 1 aromatic carbocycles. The SMILES string of the molecule is CON(Cc1cn(C2CC2)c2cc(F)c(F)cc2c1=O)[C@H]1CCCN(c2ccc(N)nc2)C1. The molecule has 1 aliphatic carbocycles. The van der Waals surface area contributed by atoms with Gasteiger partial charge in [0.05, 0.1) is 37.1 Å². The monoisotopic (exact) mass is 455 g/mol. The van der Waals surface area contributed by atoms with Crippen LogP contribution in [-0.4, -0.2) is 40.9 Å². The summed E-state index contributed by atoms with van der Waals surface area (Å²) >= 11 is 0. The molecule has 1 saturated carbocycles. The molecule has 2 fully saturated rings. The summed E-state index contributed by atoms with van der Waals surface area (Å²) in [6, 6.07) is 6.13. The van der Waals surface area contributed by atoms with Crippen LogP contribution in [0.15, 0.2) is 41.5 Å². The Morgan fingerprint density at radius 2 is 2.00 bits per heavy atom. The van der Waals surface area contributed by atoms with Gasteiger partial charge in [0.15, 0.2) is 17.1 Å². The van der Waals surface area contributed by atoms with Gasteiger partial charge in [0.25, 0.3) is 0 Å². The first-order valence-electron chi connectivity index (χ1n) is 11.2. The molecule has 2 aliphatic rings. The van der Waals surface area contributed by atoms with Crippen molar-refractivity contribution in [3.05, 3.63) is 64.1 Å². The molecule has 174 valence electrons. The van der Waals surface area contributed by atoms with Crippen molar-refractivity contribution >= 4 is 22.4 Å². The molecule has 7 nitrogen and oxygen atoms in total. The number of pyridine rings is 2. The standard InChI is InChI=1S/C24H27F2N5O2/c1-33-31(18-3-2-8-29(14-18)17-6-7-23(27)28-11-17)13-15-12-30(16-4-5-16)22-10-21(26)20(25)9-19(22)24(15)32/h6-7,9-12,16,18H,2-5,8,13-14H2,1H3,(H2,27,28)/t18-/m0/s1. The van der Waals surface area contributed by atoms with Crippen molar-refractivity contribution in [1.29, 1.82) is 0 Å². The molecule has 3 heterocycles. The van der Waals surface area contributed by atoms with Gasteiger partial charge in [0.2, 0.25) is 0 Å². The van der Waals surface area contributed by atoms with Gasteiger partial charge in [-0.15, -0.1) is 0 Å². The fourth-order valence-electron chi connectivity index (χ4n) is 4.69. The predicted molar refractivity (Wildman–Crippen MR) is 123 cm³/mol. The number of anilines is 2. The number of rotatable bonds is 6. The average Bonchev–Trinajstić information content (AvgIpc) is 3.66. The molecule has 0 bridgehead atoms. The van der Waals surface area contributed by atoms with Crippen LogP contribution in [0.2, 0.25) is 0 Å². The Morgan fingerprint density at radius 1 is 1.21 bits per heavy atom. The minimum absolute atomic E-state index is 0.0516. The smallest absolute Gasteiger partial charge is 0.194 e. The second kappa shape index (κ2) is 8.72. The minimum atomic E-state index is -1.01. The van der Waals surface area contributed by atoms with E-state index < -0.39 is 11.6 Å². The van der Waals surface area contributed by atoms with E-state index in [1.165, 1.54) is 0 Å². The zero-order chi connectivity index (χ0) is 23.1. The summed E-state index contributed by atoms with van der Waals surface area (Å²) in [7, 11) is 1.60. The quantitative estimate of drug-likeness (QED) is 0.572. The van der Waals surface area contributed by atoms with Gasteiger partial charge in [-0.05, 0) is 43.9 Å². The van der Waals surface area contributed by atoms with Gasteiger partial charge in [-0.2, -0.15) is 5.06 Å². The maximum atomic E-state index is 14.0. The Balaban J connectivity index is 1.44. The summed E-state index contributed by atoms with van der Waals surface area (Å²) < 4.78 is 29.8. The Labute approximate surface area is 190 Å². The number of nitrogen functional groups attached to an aromatic ring is 1. The molecule has 5 rings (SSSR count). The molecular weight excluding hydrogens is 428 g/mol. The number of hydroxylamine groups is 2. The highest BCUT2D eigenvalue weighted by atomic mass is 19.2. The molecule has 0 spiro atoms. The maximum Gasteiger partial charge on any atom is 0.194 e. The second-order valence-corrected chi connectivity index (χ2v) is 8.85. The molecule has 0 radical (unpaired) electrons. The van der Waals surface area contributed by atoms with Crippen LogP contribution in [0.5, 0.6) is 0 Å². The Hall–Kier alpha value is -3.04. The number of hydrogen-bond acceptors (Lipinski definition) is 6. The van der Waals surface area contributed by atoms with E-state index in [0.29, 0.717) is 23.4 Å². The lowest BCUT2D eigenvalue weighted by molar-refractivity contribution is -0.171. The molecule has 0 unspecified atom stereocenters. The van der Waals surface area contributed by atoms with Crippen molar-refractivity contribution < 1.29 is 13.6 Å². The maximum absolute atomic E-state index is 14.0. The number of nitrogens with zero attached hydrogens (tertiary/aromatic N) is 4. The highest BCUT2D eigenvalue weighted by Gasteiger charge is 2.29. The van der Waals surface area contributed by atoms with E-state index in [0.717, 1.165) is 50.0 Å². The Kier molecular flexibility index (Phi) is 5.76. The summed E-state index contributed by atoms with van der Waals surface area (Å²) in [4.78, 5) is 25.4. The minimum Gasteiger partial charge on any atom is -0.384 e. The molecule has 2 N–H and O–H groups in total. The average molecular weight is 456 g/mol. The van der Waals surface area contributed by atoms with E-state index >= 15 is 0 Å². The molecular formula is C24H27F2N5O2. The zero-order valence-corrected chi connectivity index (χ0v) is 18.5. The third-order valence-corrected chi connectivity index (χ3v) is 6.59. The van der Waals surface area contributed by atoms with Crippen LogP contribution >= 0.6 is 0 Å². The number of nitrogens with two attached hydrogens (primary N) is 1. The topological polar surface area (TPSA) is 76.6 Å². The van der Waals surface area contributed by atoms with Crippen LogP contribution < -0.4 is 16.1 Å². The summed E-state index contributed by atoms with van der Waals surface area (Å²) in [6.07, 6.45) is 7.34. The molecule has 2 aromatic heterocycles. The number of piperidine rings is 1. The van der Waals surface area contributed by atoms with E-state index in [2.05, 4.69) is 9.88 Å². The van der Waals surface area contributed by atoms with E-state index in [9.17, 15) is 13.6 Å². The number of fused-ring (bicyclic) bond motifs is 1. The summed E-state index contributed by atoms with van der Waals surface area (Å²) in [5, 5.41) is 2.02. The number of hydrogen-bond donors (Lipinski definition) is 1. The van der Waals surface area contributed by atoms with Crippen molar-refractivity contribution in [3.8, 4) is 0 Å². The lowest BCUT2D eigenvalue weighted by Gasteiger charge is -2.39. The molecule has 1 saturated heterocycles. The van der Waals surface area contributed by atoms with E-state index in [4.69, 9.17) is 10.6 Å². The highest BCUT2D eigenvalue weighted by Crippen LogP contribution is 2.37. The van der Waals surface area contributed by atoms with Crippen LogP contribution in [0.1, 0.15) is 37.3 Å². The third kappa shape index (κ3) is 4.30. The molecule has 9 heteroatoms. The van der Waals surface area contributed by atoms with Gasteiger partial charge >= 0.3 is 0 Å². The lowest BCUT2D eigenvalue weighted by Crippen LogP contribution is -2.47. The van der Waals surface area contributed by atoms with Gasteiger partial charge in [-0.3, -0.25) is 4.79 Å². The third-order valence-electron chi connectivity index (χ3n) is 6.59. The lowest BCUT2D eigenvalue weighted by atomic mass is 10.0. The molecule has 0 amide bonds. The number of aromatic nitrogens is 2. The van der Waals surface area contributed by atoms with Crippen LogP contribution in [0.25, 0.3) is 10.9 Å². The van der Waals surface area contributed by atoms with Crippen molar-refractivity contribution in [1.82, 2.24) is 14.6 Å². The number of benzene rings is 1. The fraction of sp³-hybridized carbons (Fsp3) is 0.417. The van der Waals surface area contributed by atoms with Gasteiger partial charge in [-0.1, -0.05) is 0 Å². The fourth-order valence-corrected chi connectivity index (χ4v) is 4.69. The Bertz CT molecular complexity index is 1230. The van der Waals surface area contributed by atoms with Crippen LogP contribution in [-0.2, 0) is 11.4 Å². The van der Waals surface area contributed by atoms with Crippen molar-refractivity contribution in [2.45, 2.75) is 44.3 Å². The first-order chi connectivity index (χ1) is 15.9. The largest absolute Gasteiger partial charge is 0.384 e. The van der Waals surface area contributed by atoms with Crippen LogP contribution in [0.4, 0.5) is 20.3 Å². The summed E-state index contributed by atoms with van der Waals surface area (Å²) in [5.41, 5.74) is 7.36.